The van der Waals surface area contributed by atoms with Crippen LogP contribution in [0.5, 0.6) is 0 Å². The quantitative estimate of drug-likeness (QED) is 0.760. The van der Waals surface area contributed by atoms with Crippen LogP contribution in [0.3, 0.4) is 0 Å². The molecule has 0 aliphatic heterocycles. The molecule has 1 unspecified atom stereocenters. The monoisotopic (exact) mass is 333 g/mol. The maximum atomic E-state index is 14.2. The maximum Gasteiger partial charge on any atom is 0.129 e. The van der Waals surface area contributed by atoms with Crippen LogP contribution in [0, 0.1) is 11.2 Å². The van der Waals surface area contributed by atoms with Crippen LogP contribution in [0.15, 0.2) is 16.6 Å². The molecular weight excluding hydrogens is 317 g/mol. The average Bonchev–Trinajstić information content (AvgIpc) is 2.74. The van der Waals surface area contributed by atoms with E-state index in [9.17, 15) is 4.39 Å². The first-order valence-electron chi connectivity index (χ1n) is 6.29. The first-order valence-corrected chi connectivity index (χ1v) is 7.47. The Morgan fingerprint density at radius 1 is 1.39 bits per heavy atom. The van der Waals surface area contributed by atoms with Gasteiger partial charge in [0.05, 0.1) is 5.02 Å². The Morgan fingerprint density at radius 2 is 2.00 bits per heavy atom. The van der Waals surface area contributed by atoms with Crippen molar-refractivity contribution in [1.82, 2.24) is 5.32 Å². The van der Waals surface area contributed by atoms with Gasteiger partial charge >= 0.3 is 0 Å². The second kappa shape index (κ2) is 5.48. The third kappa shape index (κ3) is 2.59. The summed E-state index contributed by atoms with van der Waals surface area (Å²) in [6.45, 7) is 2.23. The van der Waals surface area contributed by atoms with Crippen LogP contribution in [0.4, 0.5) is 4.39 Å². The molecule has 1 saturated carbocycles. The van der Waals surface area contributed by atoms with Gasteiger partial charge in [0, 0.05) is 16.1 Å². The predicted octanol–water partition coefficient (Wildman–Crippen LogP) is 5.08. The summed E-state index contributed by atoms with van der Waals surface area (Å²) < 4.78 is 14.8. The van der Waals surface area contributed by atoms with Gasteiger partial charge in [-0.3, -0.25) is 0 Å². The van der Waals surface area contributed by atoms with Crippen molar-refractivity contribution in [2.24, 2.45) is 5.41 Å². The Bertz CT molecular complexity index is 444. The fourth-order valence-electron chi connectivity index (χ4n) is 3.11. The summed E-state index contributed by atoms with van der Waals surface area (Å²) in [5.41, 5.74) is 0.794. The number of benzene rings is 1. The van der Waals surface area contributed by atoms with E-state index in [4.69, 9.17) is 11.6 Å². The molecule has 0 radical (unpaired) electrons. The molecule has 18 heavy (non-hydrogen) atoms. The van der Waals surface area contributed by atoms with Crippen molar-refractivity contribution in [2.75, 3.05) is 7.05 Å². The van der Waals surface area contributed by atoms with Crippen molar-refractivity contribution in [1.29, 1.82) is 0 Å². The van der Waals surface area contributed by atoms with E-state index in [1.807, 2.05) is 7.05 Å². The van der Waals surface area contributed by atoms with Gasteiger partial charge in [-0.15, -0.1) is 0 Å². The second-order valence-electron chi connectivity index (χ2n) is 5.37. The zero-order valence-corrected chi connectivity index (χ0v) is 13.0. The molecule has 0 saturated heterocycles. The molecule has 1 atom stereocenters. The van der Waals surface area contributed by atoms with Crippen LogP contribution in [0.2, 0.25) is 5.02 Å². The lowest BCUT2D eigenvalue weighted by Crippen LogP contribution is -2.33. The molecule has 0 heterocycles. The Hall–Kier alpha value is -0.120. The minimum atomic E-state index is -0.196. The van der Waals surface area contributed by atoms with Gasteiger partial charge in [-0.25, -0.2) is 4.39 Å². The Balaban J connectivity index is 2.41. The fraction of sp³-hybridized carbons (Fsp3) is 0.571. The molecule has 1 aromatic carbocycles. The fourth-order valence-corrected chi connectivity index (χ4v) is 3.60. The van der Waals surface area contributed by atoms with Crippen molar-refractivity contribution in [2.45, 2.75) is 38.6 Å². The normalized spacial score (nSPS) is 20.1. The third-order valence-electron chi connectivity index (χ3n) is 4.08. The average molecular weight is 335 g/mol. The Kier molecular flexibility index (Phi) is 4.35. The van der Waals surface area contributed by atoms with Gasteiger partial charge in [0.2, 0.25) is 0 Å². The van der Waals surface area contributed by atoms with E-state index in [0.29, 0.717) is 15.1 Å². The molecule has 1 aromatic rings. The van der Waals surface area contributed by atoms with Gasteiger partial charge < -0.3 is 5.32 Å². The highest BCUT2D eigenvalue weighted by atomic mass is 79.9. The maximum absolute atomic E-state index is 14.2. The summed E-state index contributed by atoms with van der Waals surface area (Å²) in [4.78, 5) is 0. The van der Waals surface area contributed by atoms with Crippen molar-refractivity contribution in [3.63, 3.8) is 0 Å². The highest BCUT2D eigenvalue weighted by molar-refractivity contribution is 9.10. The molecule has 0 bridgehead atoms. The lowest BCUT2D eigenvalue weighted by atomic mass is 9.77. The van der Waals surface area contributed by atoms with Crippen LogP contribution in [-0.2, 0) is 0 Å². The van der Waals surface area contributed by atoms with Crippen molar-refractivity contribution < 1.29 is 4.39 Å². The molecule has 1 fully saturated rings. The van der Waals surface area contributed by atoms with E-state index in [1.54, 1.807) is 6.07 Å². The lowest BCUT2D eigenvalue weighted by Gasteiger charge is -2.34. The van der Waals surface area contributed by atoms with Crippen LogP contribution >= 0.6 is 27.5 Å². The largest absolute Gasteiger partial charge is 0.312 e. The molecule has 1 N–H and O–H groups in total. The Morgan fingerprint density at radius 3 is 2.56 bits per heavy atom. The van der Waals surface area contributed by atoms with Crippen molar-refractivity contribution >= 4 is 27.5 Å². The van der Waals surface area contributed by atoms with Crippen molar-refractivity contribution in [3.8, 4) is 0 Å². The molecule has 2 rings (SSSR count). The molecular formula is C14H18BrClFN. The van der Waals surface area contributed by atoms with Crippen molar-refractivity contribution in [3.05, 3.63) is 33.0 Å². The highest BCUT2D eigenvalue weighted by Gasteiger charge is 2.38. The minimum Gasteiger partial charge on any atom is -0.312 e. The summed E-state index contributed by atoms with van der Waals surface area (Å²) in [6.07, 6.45) is 4.71. The summed E-state index contributed by atoms with van der Waals surface area (Å²) in [6, 6.07) is 3.22. The molecule has 1 aliphatic carbocycles. The molecule has 1 nitrogen and oxygen atoms in total. The van der Waals surface area contributed by atoms with Gasteiger partial charge in [0.15, 0.2) is 0 Å². The second-order valence-corrected chi connectivity index (χ2v) is 6.63. The standard InChI is InChI=1S/C14H18BrClFN/c1-14(5-3-4-6-14)13(18-2)9-7-11(16)10(15)8-12(9)17/h7-8,13,18H,3-6H2,1-2H3. The van der Waals surface area contributed by atoms with Gasteiger partial charge in [0.1, 0.15) is 5.82 Å². The van der Waals surface area contributed by atoms with Crippen LogP contribution in [0.25, 0.3) is 0 Å². The van der Waals surface area contributed by atoms with E-state index >= 15 is 0 Å². The molecule has 100 valence electrons. The first kappa shape index (κ1) is 14.3. The zero-order valence-electron chi connectivity index (χ0n) is 10.7. The predicted molar refractivity (Wildman–Crippen MR) is 77.5 cm³/mol. The zero-order chi connectivity index (χ0) is 13.3. The Labute approximate surface area is 121 Å². The SMILES string of the molecule is CNC(c1cc(Cl)c(Br)cc1F)C1(C)CCCC1. The summed E-state index contributed by atoms with van der Waals surface area (Å²) in [5, 5.41) is 3.84. The number of rotatable bonds is 3. The minimum absolute atomic E-state index is 0.0191. The van der Waals surface area contributed by atoms with E-state index in [1.165, 1.54) is 18.9 Å². The topological polar surface area (TPSA) is 12.0 Å². The van der Waals surface area contributed by atoms with Gasteiger partial charge in [-0.2, -0.15) is 0 Å². The van der Waals surface area contributed by atoms with Crippen LogP contribution < -0.4 is 5.32 Å². The van der Waals surface area contributed by atoms with Crippen LogP contribution in [0.1, 0.15) is 44.2 Å². The molecule has 4 heteroatoms. The molecule has 0 aromatic heterocycles. The molecule has 0 amide bonds. The van der Waals surface area contributed by atoms with E-state index in [0.717, 1.165) is 12.8 Å². The van der Waals surface area contributed by atoms with Gasteiger partial charge in [0.25, 0.3) is 0 Å². The molecule has 0 spiro atoms. The number of hydrogen-bond acceptors (Lipinski definition) is 1. The number of hydrogen-bond donors (Lipinski definition) is 1. The highest BCUT2D eigenvalue weighted by Crippen LogP contribution is 2.48. The van der Waals surface area contributed by atoms with E-state index in [-0.39, 0.29) is 17.3 Å². The van der Waals surface area contributed by atoms with E-state index < -0.39 is 0 Å². The number of nitrogens with one attached hydrogen (secondary N) is 1. The van der Waals surface area contributed by atoms with Gasteiger partial charge in [-0.1, -0.05) is 31.4 Å². The smallest absolute Gasteiger partial charge is 0.129 e. The molecule has 1 aliphatic rings. The van der Waals surface area contributed by atoms with E-state index in [2.05, 4.69) is 28.2 Å². The summed E-state index contributed by atoms with van der Waals surface area (Å²) in [5.74, 6) is -0.196. The first-order chi connectivity index (χ1) is 8.48. The van der Waals surface area contributed by atoms with Crippen LogP contribution in [-0.4, -0.2) is 7.05 Å². The van der Waals surface area contributed by atoms with Gasteiger partial charge in [-0.05, 0) is 53.4 Å². The summed E-state index contributed by atoms with van der Waals surface area (Å²) in [7, 11) is 1.89. The number of halogens is 3. The third-order valence-corrected chi connectivity index (χ3v) is 5.28. The lowest BCUT2D eigenvalue weighted by molar-refractivity contribution is 0.229. The summed E-state index contributed by atoms with van der Waals surface area (Å²) >= 11 is 9.35.